The Morgan fingerprint density at radius 2 is 1.93 bits per heavy atom. The molecule has 0 saturated carbocycles. The molecular weight excluding hydrogens is 202 g/mol. The zero-order chi connectivity index (χ0) is 10.1. The number of thiophene rings is 1. The van der Waals surface area contributed by atoms with Crippen LogP contribution in [0.1, 0.15) is 18.4 Å². The lowest BCUT2D eigenvalue weighted by Crippen LogP contribution is -2.17. The van der Waals surface area contributed by atoms with Crippen LogP contribution >= 0.6 is 11.3 Å². The van der Waals surface area contributed by atoms with Crippen LogP contribution in [-0.4, -0.2) is 18.0 Å². The molecule has 1 aromatic carbocycles. The van der Waals surface area contributed by atoms with Crippen LogP contribution in [0, 0.1) is 0 Å². The monoisotopic (exact) mass is 217 g/mol. The van der Waals surface area contributed by atoms with Gasteiger partial charge in [0.1, 0.15) is 0 Å². The van der Waals surface area contributed by atoms with E-state index in [0.717, 1.165) is 6.54 Å². The molecule has 78 valence electrons. The first kappa shape index (κ1) is 9.37. The summed E-state index contributed by atoms with van der Waals surface area (Å²) >= 11 is 1.87. The molecule has 1 aromatic heterocycles. The molecule has 2 heteroatoms. The largest absolute Gasteiger partial charge is 0.299 e. The Morgan fingerprint density at radius 1 is 1.13 bits per heavy atom. The Morgan fingerprint density at radius 3 is 2.80 bits per heavy atom. The molecule has 3 rings (SSSR count). The number of rotatable bonds is 2. The standard InChI is InChI=1S/C13H15NS/c1-2-6-13-12(5-1)11(10-15-13)9-14-7-3-4-8-14/h1-2,5-6,10H,3-4,7-9H2. The number of likely N-dealkylation sites (tertiary alicyclic amines) is 1. The van der Waals surface area contributed by atoms with Gasteiger partial charge >= 0.3 is 0 Å². The third-order valence-electron chi connectivity index (χ3n) is 3.15. The molecule has 15 heavy (non-hydrogen) atoms. The molecule has 2 heterocycles. The molecule has 2 aromatic rings. The van der Waals surface area contributed by atoms with Gasteiger partial charge in [0.05, 0.1) is 0 Å². The minimum atomic E-state index is 1.14. The highest BCUT2D eigenvalue weighted by Crippen LogP contribution is 2.27. The van der Waals surface area contributed by atoms with Crippen LogP contribution in [0.5, 0.6) is 0 Å². The first-order valence-electron chi connectivity index (χ1n) is 5.61. The lowest BCUT2D eigenvalue weighted by molar-refractivity contribution is 0.333. The number of fused-ring (bicyclic) bond motifs is 1. The first-order valence-corrected chi connectivity index (χ1v) is 6.49. The Bertz CT molecular complexity index is 454. The van der Waals surface area contributed by atoms with E-state index in [2.05, 4.69) is 34.5 Å². The van der Waals surface area contributed by atoms with Crippen molar-refractivity contribution in [1.82, 2.24) is 4.90 Å². The smallest absolute Gasteiger partial charge is 0.0346 e. The van der Waals surface area contributed by atoms with Crippen LogP contribution in [0.15, 0.2) is 29.6 Å². The zero-order valence-electron chi connectivity index (χ0n) is 8.78. The summed E-state index contributed by atoms with van der Waals surface area (Å²) in [6.45, 7) is 3.71. The van der Waals surface area contributed by atoms with Crippen molar-refractivity contribution in [2.24, 2.45) is 0 Å². The van der Waals surface area contributed by atoms with Crippen LogP contribution in [0.2, 0.25) is 0 Å². The normalized spacial score (nSPS) is 17.6. The second kappa shape index (κ2) is 3.95. The van der Waals surface area contributed by atoms with Gasteiger partial charge in [-0.25, -0.2) is 0 Å². The van der Waals surface area contributed by atoms with E-state index in [9.17, 15) is 0 Å². The van der Waals surface area contributed by atoms with Crippen LogP contribution in [0.25, 0.3) is 10.1 Å². The molecule has 0 spiro atoms. The summed E-state index contributed by atoms with van der Waals surface area (Å²) in [4.78, 5) is 2.56. The maximum atomic E-state index is 2.56. The van der Waals surface area contributed by atoms with Crippen LogP contribution < -0.4 is 0 Å². The van der Waals surface area contributed by atoms with E-state index < -0.39 is 0 Å². The maximum Gasteiger partial charge on any atom is 0.0346 e. The minimum Gasteiger partial charge on any atom is -0.299 e. The van der Waals surface area contributed by atoms with Gasteiger partial charge in [-0.2, -0.15) is 0 Å². The fourth-order valence-corrected chi connectivity index (χ4v) is 3.29. The van der Waals surface area contributed by atoms with Gasteiger partial charge in [-0.3, -0.25) is 4.90 Å². The van der Waals surface area contributed by atoms with Crippen LogP contribution in [-0.2, 0) is 6.54 Å². The predicted molar refractivity (Wildman–Crippen MR) is 66.3 cm³/mol. The SMILES string of the molecule is c1ccc2c(CN3CCCC3)csc2c1. The van der Waals surface area contributed by atoms with E-state index in [1.165, 1.54) is 41.6 Å². The number of nitrogens with zero attached hydrogens (tertiary/aromatic N) is 1. The van der Waals surface area contributed by atoms with Crippen molar-refractivity contribution >= 4 is 21.4 Å². The molecular formula is C13H15NS. The van der Waals surface area contributed by atoms with Gasteiger partial charge in [-0.1, -0.05) is 18.2 Å². The molecule has 0 atom stereocenters. The third kappa shape index (κ3) is 1.80. The van der Waals surface area contributed by atoms with Gasteiger partial charge in [0.15, 0.2) is 0 Å². The molecule has 1 aliphatic rings. The molecule has 1 aliphatic heterocycles. The summed E-state index contributed by atoms with van der Waals surface area (Å²) in [7, 11) is 0. The van der Waals surface area contributed by atoms with Crippen molar-refractivity contribution in [1.29, 1.82) is 0 Å². The summed E-state index contributed by atoms with van der Waals surface area (Å²) in [6, 6.07) is 8.73. The molecule has 1 saturated heterocycles. The molecule has 0 N–H and O–H groups in total. The summed E-state index contributed by atoms with van der Waals surface area (Å²) in [5, 5.41) is 3.78. The van der Waals surface area contributed by atoms with Gasteiger partial charge in [0, 0.05) is 11.2 Å². The van der Waals surface area contributed by atoms with E-state index >= 15 is 0 Å². The van der Waals surface area contributed by atoms with Crippen molar-refractivity contribution in [3.63, 3.8) is 0 Å². The van der Waals surface area contributed by atoms with Gasteiger partial charge < -0.3 is 0 Å². The number of benzene rings is 1. The zero-order valence-corrected chi connectivity index (χ0v) is 9.59. The van der Waals surface area contributed by atoms with Gasteiger partial charge in [-0.05, 0) is 48.3 Å². The van der Waals surface area contributed by atoms with E-state index in [4.69, 9.17) is 0 Å². The highest BCUT2D eigenvalue weighted by molar-refractivity contribution is 7.17. The van der Waals surface area contributed by atoms with E-state index in [1.807, 2.05) is 11.3 Å². The molecule has 1 fully saturated rings. The summed E-state index contributed by atoms with van der Waals surface area (Å²) in [5.74, 6) is 0. The topological polar surface area (TPSA) is 3.24 Å². The van der Waals surface area contributed by atoms with Crippen molar-refractivity contribution in [3.8, 4) is 0 Å². The Labute approximate surface area is 94.3 Å². The molecule has 0 bridgehead atoms. The van der Waals surface area contributed by atoms with E-state index in [-0.39, 0.29) is 0 Å². The third-order valence-corrected chi connectivity index (χ3v) is 4.17. The lowest BCUT2D eigenvalue weighted by Gasteiger charge is -2.13. The fourth-order valence-electron chi connectivity index (χ4n) is 2.34. The summed E-state index contributed by atoms with van der Waals surface area (Å²) in [5.41, 5.74) is 1.51. The van der Waals surface area contributed by atoms with E-state index in [1.54, 1.807) is 0 Å². The average Bonchev–Trinajstić information content (AvgIpc) is 2.89. The van der Waals surface area contributed by atoms with Crippen LogP contribution in [0.3, 0.4) is 0 Å². The molecule has 0 radical (unpaired) electrons. The van der Waals surface area contributed by atoms with Crippen molar-refractivity contribution in [2.75, 3.05) is 13.1 Å². The predicted octanol–water partition coefficient (Wildman–Crippen LogP) is 3.50. The molecule has 0 amide bonds. The summed E-state index contributed by atoms with van der Waals surface area (Å²) < 4.78 is 1.42. The highest BCUT2D eigenvalue weighted by atomic mass is 32.1. The Balaban J connectivity index is 1.90. The van der Waals surface area contributed by atoms with Gasteiger partial charge in [0.2, 0.25) is 0 Å². The van der Waals surface area contributed by atoms with Crippen molar-refractivity contribution in [2.45, 2.75) is 19.4 Å². The minimum absolute atomic E-state index is 1.14. The van der Waals surface area contributed by atoms with Crippen molar-refractivity contribution < 1.29 is 0 Å². The molecule has 0 aliphatic carbocycles. The first-order chi connectivity index (χ1) is 7.43. The molecule has 1 nitrogen and oxygen atoms in total. The average molecular weight is 217 g/mol. The number of hydrogen-bond acceptors (Lipinski definition) is 2. The Kier molecular flexibility index (Phi) is 2.47. The second-order valence-electron chi connectivity index (χ2n) is 4.24. The number of hydrogen-bond donors (Lipinski definition) is 0. The second-order valence-corrected chi connectivity index (χ2v) is 5.15. The molecule has 0 unspecified atom stereocenters. The van der Waals surface area contributed by atoms with Crippen molar-refractivity contribution in [3.05, 3.63) is 35.2 Å². The Hall–Kier alpha value is -0.860. The van der Waals surface area contributed by atoms with E-state index in [0.29, 0.717) is 0 Å². The quantitative estimate of drug-likeness (QED) is 0.744. The fraction of sp³-hybridized carbons (Fsp3) is 0.385. The lowest BCUT2D eigenvalue weighted by atomic mass is 10.2. The van der Waals surface area contributed by atoms with Gasteiger partial charge in [-0.15, -0.1) is 11.3 Å². The van der Waals surface area contributed by atoms with Gasteiger partial charge in [0.25, 0.3) is 0 Å². The van der Waals surface area contributed by atoms with Crippen LogP contribution in [0.4, 0.5) is 0 Å². The highest BCUT2D eigenvalue weighted by Gasteiger charge is 2.13. The maximum absolute atomic E-state index is 2.56. The summed E-state index contributed by atoms with van der Waals surface area (Å²) in [6.07, 6.45) is 2.75.